The molecular formula is C15H14N2OS. The molecule has 4 heteroatoms. The summed E-state index contributed by atoms with van der Waals surface area (Å²) in [7, 11) is 1.62. The fourth-order valence-electron chi connectivity index (χ4n) is 2.67. The number of aromatic nitrogens is 1. The molecule has 1 aromatic heterocycles. The van der Waals surface area contributed by atoms with Crippen molar-refractivity contribution in [2.75, 3.05) is 7.11 Å². The molecular weight excluding hydrogens is 256 g/mol. The van der Waals surface area contributed by atoms with Crippen LogP contribution in [0.15, 0.2) is 34.8 Å². The van der Waals surface area contributed by atoms with Gasteiger partial charge >= 0.3 is 0 Å². The predicted molar refractivity (Wildman–Crippen MR) is 77.7 cm³/mol. The van der Waals surface area contributed by atoms with Crippen molar-refractivity contribution in [1.82, 2.24) is 4.98 Å². The van der Waals surface area contributed by atoms with Crippen molar-refractivity contribution in [3.05, 3.63) is 41.6 Å². The topological polar surface area (TPSA) is 34.5 Å². The number of pyridine rings is 1. The number of rotatable bonds is 3. The van der Waals surface area contributed by atoms with Gasteiger partial charge in [0.25, 0.3) is 0 Å². The molecule has 19 heavy (non-hydrogen) atoms. The van der Waals surface area contributed by atoms with Gasteiger partial charge in [0.15, 0.2) is 0 Å². The molecule has 0 fully saturated rings. The van der Waals surface area contributed by atoms with E-state index in [-0.39, 0.29) is 0 Å². The Morgan fingerprint density at radius 3 is 2.95 bits per heavy atom. The molecule has 0 bridgehead atoms. The maximum Gasteiger partial charge on any atom is 0.213 e. The van der Waals surface area contributed by atoms with Gasteiger partial charge in [-0.25, -0.2) is 4.98 Å². The Hall–Kier alpha value is -1.81. The fourth-order valence-corrected chi connectivity index (χ4v) is 2.88. The molecule has 0 saturated heterocycles. The average molecular weight is 270 g/mol. The zero-order chi connectivity index (χ0) is 13.2. The quantitative estimate of drug-likeness (QED) is 0.854. The highest BCUT2D eigenvalue weighted by Gasteiger charge is 2.18. The molecule has 2 aromatic rings. The van der Waals surface area contributed by atoms with Gasteiger partial charge in [0.05, 0.1) is 12.8 Å². The first-order chi connectivity index (χ1) is 9.33. The van der Waals surface area contributed by atoms with Crippen LogP contribution >= 0.6 is 0 Å². The van der Waals surface area contributed by atoms with Crippen LogP contribution in [-0.4, -0.2) is 12.1 Å². The van der Waals surface area contributed by atoms with E-state index in [0.717, 1.165) is 29.7 Å². The molecule has 0 radical (unpaired) electrons. The minimum absolute atomic E-state index is 0.605. The van der Waals surface area contributed by atoms with Crippen LogP contribution in [-0.2, 0) is 25.3 Å². The summed E-state index contributed by atoms with van der Waals surface area (Å²) in [6.07, 6.45) is 5.14. The molecule has 1 aliphatic carbocycles. The number of aryl methyl sites for hydroxylation is 1. The van der Waals surface area contributed by atoms with Crippen LogP contribution in [0.5, 0.6) is 5.88 Å². The van der Waals surface area contributed by atoms with E-state index in [4.69, 9.17) is 17.2 Å². The molecule has 0 saturated carbocycles. The van der Waals surface area contributed by atoms with Gasteiger partial charge in [-0.15, -0.1) is 0 Å². The zero-order valence-corrected chi connectivity index (χ0v) is 11.5. The number of ether oxygens (including phenoxy) is 1. The summed E-state index contributed by atoms with van der Waals surface area (Å²) < 4.78 is 9.27. The number of nitrogens with zero attached hydrogens (tertiary/aromatic N) is 2. The molecule has 0 atom stereocenters. The van der Waals surface area contributed by atoms with Gasteiger partial charge in [-0.3, -0.25) is 0 Å². The van der Waals surface area contributed by atoms with E-state index in [0.29, 0.717) is 5.88 Å². The van der Waals surface area contributed by atoms with Crippen LogP contribution in [0.4, 0.5) is 5.69 Å². The van der Waals surface area contributed by atoms with Crippen molar-refractivity contribution in [3.63, 3.8) is 0 Å². The first kappa shape index (κ1) is 12.2. The second-order valence-corrected chi connectivity index (χ2v) is 4.81. The second kappa shape index (κ2) is 5.05. The Kier molecular flexibility index (Phi) is 3.25. The lowest BCUT2D eigenvalue weighted by Crippen LogP contribution is -1.90. The number of methoxy groups -OCH3 is 1. The van der Waals surface area contributed by atoms with Crippen molar-refractivity contribution >= 4 is 18.1 Å². The van der Waals surface area contributed by atoms with Crippen LogP contribution in [0, 0.1) is 0 Å². The molecule has 3 rings (SSSR count). The third kappa shape index (κ3) is 2.12. The van der Waals surface area contributed by atoms with Crippen LogP contribution in [0.1, 0.15) is 17.5 Å². The van der Waals surface area contributed by atoms with Gasteiger partial charge in [-0.05, 0) is 42.0 Å². The summed E-state index contributed by atoms with van der Waals surface area (Å²) in [5.74, 6) is 0.605. The lowest BCUT2D eigenvalue weighted by molar-refractivity contribution is 0.398. The molecule has 3 nitrogen and oxygen atoms in total. The van der Waals surface area contributed by atoms with E-state index in [9.17, 15) is 0 Å². The smallest absolute Gasteiger partial charge is 0.213 e. The fraction of sp³-hybridized carbons (Fsp3) is 0.267. The van der Waals surface area contributed by atoms with Gasteiger partial charge in [-0.2, -0.15) is 4.36 Å². The molecule has 1 aliphatic rings. The Labute approximate surface area is 117 Å². The summed E-state index contributed by atoms with van der Waals surface area (Å²) in [6, 6.07) is 8.17. The predicted octanol–water partition coefficient (Wildman–Crippen LogP) is 3.61. The van der Waals surface area contributed by atoms with Crippen molar-refractivity contribution in [2.24, 2.45) is 4.36 Å². The normalized spacial score (nSPS) is 13.1. The average Bonchev–Trinajstić information content (AvgIpc) is 2.94. The lowest BCUT2D eigenvalue weighted by atomic mass is 9.98. The molecule has 0 amide bonds. The summed E-state index contributed by atoms with van der Waals surface area (Å²) in [6.45, 7) is 0. The highest BCUT2D eigenvalue weighted by atomic mass is 32.1. The van der Waals surface area contributed by atoms with E-state index in [1.165, 1.54) is 17.5 Å². The summed E-state index contributed by atoms with van der Waals surface area (Å²) in [5.41, 5.74) is 5.75. The van der Waals surface area contributed by atoms with E-state index >= 15 is 0 Å². The van der Waals surface area contributed by atoms with Gasteiger partial charge in [0.1, 0.15) is 0 Å². The van der Waals surface area contributed by atoms with Crippen molar-refractivity contribution in [2.45, 2.75) is 19.3 Å². The molecule has 0 spiro atoms. The third-order valence-electron chi connectivity index (χ3n) is 3.60. The summed E-state index contributed by atoms with van der Waals surface area (Å²) in [5, 5.41) is 0. The molecule has 0 unspecified atom stereocenters. The number of hydrogen-bond donors (Lipinski definition) is 0. The van der Waals surface area contributed by atoms with Crippen LogP contribution in [0.2, 0.25) is 0 Å². The Morgan fingerprint density at radius 1 is 1.26 bits per heavy atom. The molecule has 1 aromatic carbocycles. The lowest BCUT2D eigenvalue weighted by Gasteiger charge is -2.10. The SMILES string of the molecule is COc1cc(-c2ccc3c(c2N=S)CCC3)ccn1. The molecule has 1 heterocycles. The van der Waals surface area contributed by atoms with Gasteiger partial charge < -0.3 is 4.74 Å². The third-order valence-corrected chi connectivity index (χ3v) is 3.78. The maximum atomic E-state index is 5.17. The van der Waals surface area contributed by atoms with E-state index < -0.39 is 0 Å². The minimum Gasteiger partial charge on any atom is -0.481 e. The molecule has 96 valence electrons. The van der Waals surface area contributed by atoms with Crippen LogP contribution in [0.25, 0.3) is 11.1 Å². The van der Waals surface area contributed by atoms with Gasteiger partial charge in [0, 0.05) is 30.3 Å². The summed E-state index contributed by atoms with van der Waals surface area (Å²) in [4.78, 5) is 4.13. The Balaban J connectivity index is 2.17. The zero-order valence-electron chi connectivity index (χ0n) is 10.7. The Bertz CT molecular complexity index is 640. The van der Waals surface area contributed by atoms with Gasteiger partial charge in [-0.1, -0.05) is 12.1 Å². The van der Waals surface area contributed by atoms with E-state index in [1.54, 1.807) is 13.3 Å². The highest BCUT2D eigenvalue weighted by Crippen LogP contribution is 2.39. The summed E-state index contributed by atoms with van der Waals surface area (Å²) >= 11 is 4.99. The van der Waals surface area contributed by atoms with Crippen LogP contribution < -0.4 is 4.74 Å². The second-order valence-electron chi connectivity index (χ2n) is 4.63. The van der Waals surface area contributed by atoms with Crippen molar-refractivity contribution in [3.8, 4) is 17.0 Å². The van der Waals surface area contributed by atoms with Crippen molar-refractivity contribution < 1.29 is 4.74 Å². The minimum atomic E-state index is 0.605. The van der Waals surface area contributed by atoms with Crippen molar-refractivity contribution in [1.29, 1.82) is 0 Å². The first-order valence-electron chi connectivity index (χ1n) is 6.32. The van der Waals surface area contributed by atoms with E-state index in [2.05, 4.69) is 21.5 Å². The molecule has 0 N–H and O–H groups in total. The Morgan fingerprint density at radius 2 is 2.16 bits per heavy atom. The largest absolute Gasteiger partial charge is 0.481 e. The number of fused-ring (bicyclic) bond motifs is 1. The maximum absolute atomic E-state index is 5.17. The number of hydrogen-bond acceptors (Lipinski definition) is 4. The number of benzene rings is 1. The molecule has 0 aliphatic heterocycles. The first-order valence-corrected chi connectivity index (χ1v) is 6.68. The standard InChI is InChI=1S/C15H14N2OS/c1-18-14-9-11(7-8-16-14)13-6-5-10-3-2-4-12(10)15(13)17-19/h5-9H,2-4H2,1H3. The monoisotopic (exact) mass is 270 g/mol. The van der Waals surface area contributed by atoms with E-state index in [1.807, 2.05) is 12.1 Å². The van der Waals surface area contributed by atoms with Crippen LogP contribution in [0.3, 0.4) is 0 Å². The highest BCUT2D eigenvalue weighted by molar-refractivity contribution is 7.47. The van der Waals surface area contributed by atoms with Gasteiger partial charge in [0.2, 0.25) is 5.88 Å².